The van der Waals surface area contributed by atoms with Crippen LogP contribution in [0.25, 0.3) is 11.1 Å². The maximum absolute atomic E-state index is 12.8. The summed E-state index contributed by atoms with van der Waals surface area (Å²) in [6.45, 7) is 4.19. The zero-order valence-electron chi connectivity index (χ0n) is 20.4. The minimum Gasteiger partial charge on any atom is -0.497 e. The van der Waals surface area contributed by atoms with Crippen molar-refractivity contribution in [3.63, 3.8) is 0 Å². The van der Waals surface area contributed by atoms with E-state index >= 15 is 0 Å². The van der Waals surface area contributed by atoms with E-state index in [1.165, 1.54) is 5.56 Å². The smallest absolute Gasteiger partial charge is 0.255 e. The highest BCUT2D eigenvalue weighted by atomic mass is 32.1. The second-order valence-electron chi connectivity index (χ2n) is 8.77. The molecule has 1 fully saturated rings. The molecule has 182 valence electrons. The lowest BCUT2D eigenvalue weighted by Gasteiger charge is -2.12. The number of carbonyl (C=O) groups excluding carboxylic acids is 1. The predicted octanol–water partition coefficient (Wildman–Crippen LogP) is 5.61. The van der Waals surface area contributed by atoms with E-state index in [1.54, 1.807) is 13.4 Å². The number of likely N-dealkylation sites (tertiary alicyclic amines) is 1. The molecule has 0 radical (unpaired) electrons. The maximum atomic E-state index is 12.8. The number of carbonyl (C=O) groups is 1. The molecule has 1 aliphatic heterocycles. The van der Waals surface area contributed by atoms with E-state index in [2.05, 4.69) is 59.3 Å². The van der Waals surface area contributed by atoms with Crippen molar-refractivity contribution >= 4 is 36.2 Å². The molecule has 0 aromatic heterocycles. The molecule has 6 nitrogen and oxygen atoms in total. The van der Waals surface area contributed by atoms with Crippen LogP contribution >= 0.6 is 12.6 Å². The fourth-order valence-electron chi connectivity index (χ4n) is 4.25. The number of thiol groups is 1. The van der Waals surface area contributed by atoms with Gasteiger partial charge in [0.2, 0.25) is 0 Å². The van der Waals surface area contributed by atoms with E-state index in [9.17, 15) is 4.79 Å². The third-order valence-corrected chi connectivity index (χ3v) is 6.65. The summed E-state index contributed by atoms with van der Waals surface area (Å²) >= 11 is 4.57. The maximum Gasteiger partial charge on any atom is 0.255 e. The first-order chi connectivity index (χ1) is 17.0. The minimum atomic E-state index is -0.164. The van der Waals surface area contributed by atoms with Gasteiger partial charge in [-0.25, -0.2) is 0 Å². The van der Waals surface area contributed by atoms with Gasteiger partial charge in [0, 0.05) is 22.7 Å². The van der Waals surface area contributed by atoms with Crippen molar-refractivity contribution < 1.29 is 9.53 Å². The highest BCUT2D eigenvalue weighted by molar-refractivity contribution is 7.80. The van der Waals surface area contributed by atoms with Crippen molar-refractivity contribution in [1.82, 2.24) is 4.90 Å². The number of anilines is 2. The predicted molar refractivity (Wildman–Crippen MR) is 147 cm³/mol. The Morgan fingerprint density at radius 3 is 2.63 bits per heavy atom. The molecule has 3 aromatic rings. The number of nitrogens with one attached hydrogen (secondary N) is 2. The zero-order valence-corrected chi connectivity index (χ0v) is 21.3. The number of hydrogen-bond acceptors (Lipinski definition) is 5. The van der Waals surface area contributed by atoms with Gasteiger partial charge in [-0.3, -0.25) is 9.79 Å². The fourth-order valence-corrected chi connectivity index (χ4v) is 4.53. The first-order valence-electron chi connectivity index (χ1n) is 11.8. The van der Waals surface area contributed by atoms with Gasteiger partial charge >= 0.3 is 0 Å². The summed E-state index contributed by atoms with van der Waals surface area (Å²) in [6.07, 6.45) is 3.72. The van der Waals surface area contributed by atoms with Crippen LogP contribution in [-0.4, -0.2) is 50.4 Å². The van der Waals surface area contributed by atoms with Gasteiger partial charge in [0.05, 0.1) is 25.2 Å². The molecule has 0 bridgehead atoms. The molecule has 7 heteroatoms. The normalized spacial score (nSPS) is 15.9. The first-order valence-corrected chi connectivity index (χ1v) is 12.3. The average Bonchev–Trinajstić information content (AvgIpc) is 3.29. The minimum absolute atomic E-state index is 0.164. The summed E-state index contributed by atoms with van der Waals surface area (Å²) < 4.78 is 5.34. The van der Waals surface area contributed by atoms with Crippen LogP contribution in [0.1, 0.15) is 29.3 Å². The molecule has 1 saturated heterocycles. The van der Waals surface area contributed by atoms with Gasteiger partial charge in [0.15, 0.2) is 0 Å². The molecule has 0 saturated carbocycles. The Hall–Kier alpha value is -3.29. The monoisotopic (exact) mass is 488 g/mol. The third-order valence-electron chi connectivity index (χ3n) is 6.28. The Kier molecular flexibility index (Phi) is 8.10. The van der Waals surface area contributed by atoms with Crippen LogP contribution < -0.4 is 15.4 Å². The van der Waals surface area contributed by atoms with Crippen LogP contribution in [0.2, 0.25) is 0 Å². The lowest BCUT2D eigenvalue weighted by molar-refractivity contribution is 0.102. The fraction of sp³-hybridized carbons (Fsp3) is 0.286. The largest absolute Gasteiger partial charge is 0.497 e. The number of amides is 1. The van der Waals surface area contributed by atoms with Crippen LogP contribution in [0, 0.1) is 0 Å². The van der Waals surface area contributed by atoms with Gasteiger partial charge in [0.25, 0.3) is 5.91 Å². The van der Waals surface area contributed by atoms with Crippen LogP contribution in [0.15, 0.2) is 70.6 Å². The second kappa shape index (κ2) is 11.4. The van der Waals surface area contributed by atoms with E-state index in [0.717, 1.165) is 53.4 Å². The first kappa shape index (κ1) is 24.8. The molecular formula is C28H32N4O2S. The van der Waals surface area contributed by atoms with Crippen molar-refractivity contribution in [1.29, 1.82) is 0 Å². The third kappa shape index (κ3) is 6.24. The summed E-state index contributed by atoms with van der Waals surface area (Å²) in [5.74, 6) is 0.683. The number of nitrogens with zero attached hydrogens (tertiary/aromatic N) is 2. The van der Waals surface area contributed by atoms with Crippen molar-refractivity contribution in [3.8, 4) is 16.9 Å². The summed E-state index contributed by atoms with van der Waals surface area (Å²) in [5.41, 5.74) is 5.55. The van der Waals surface area contributed by atoms with E-state index in [4.69, 9.17) is 4.74 Å². The van der Waals surface area contributed by atoms with Gasteiger partial charge in [-0.2, -0.15) is 0 Å². The molecule has 35 heavy (non-hydrogen) atoms. The summed E-state index contributed by atoms with van der Waals surface area (Å²) in [4.78, 5) is 20.4. The molecule has 0 spiro atoms. The van der Waals surface area contributed by atoms with E-state index < -0.39 is 0 Å². The molecule has 0 aliphatic carbocycles. The lowest BCUT2D eigenvalue weighted by Crippen LogP contribution is -2.16. The van der Waals surface area contributed by atoms with Crippen LogP contribution in [-0.2, 0) is 6.42 Å². The Labute approximate surface area is 212 Å². The highest BCUT2D eigenvalue weighted by Crippen LogP contribution is 2.29. The van der Waals surface area contributed by atoms with Crippen molar-refractivity contribution in [2.45, 2.75) is 30.7 Å². The highest BCUT2D eigenvalue weighted by Gasteiger charge is 2.17. The zero-order chi connectivity index (χ0) is 24.8. The van der Waals surface area contributed by atoms with Crippen molar-refractivity contribution in [2.75, 3.05) is 37.9 Å². The second-order valence-corrected chi connectivity index (χ2v) is 9.25. The molecule has 1 amide bonds. The summed E-state index contributed by atoms with van der Waals surface area (Å²) in [7, 11) is 3.78. The number of aryl methyl sites for hydroxylation is 1. The number of ether oxygens (including phenoxy) is 1. The van der Waals surface area contributed by atoms with Crippen LogP contribution in [0.4, 0.5) is 11.4 Å². The number of aliphatic imine (C=N–C) groups is 1. The van der Waals surface area contributed by atoms with Gasteiger partial charge in [-0.15, -0.1) is 12.6 Å². The molecule has 3 aromatic carbocycles. The van der Waals surface area contributed by atoms with Crippen molar-refractivity contribution in [3.05, 3.63) is 71.8 Å². The van der Waals surface area contributed by atoms with Gasteiger partial charge in [-0.05, 0) is 85.6 Å². The van der Waals surface area contributed by atoms with Crippen LogP contribution in [0.3, 0.4) is 0 Å². The lowest BCUT2D eigenvalue weighted by atomic mass is 9.97. The molecule has 1 aliphatic rings. The molecule has 1 atom stereocenters. The quantitative estimate of drug-likeness (QED) is 0.219. The Bertz CT molecular complexity index is 1210. The number of methoxy groups -OCH3 is 1. The Morgan fingerprint density at radius 1 is 1.17 bits per heavy atom. The summed E-state index contributed by atoms with van der Waals surface area (Å²) in [5, 5.41) is 6.16. The van der Waals surface area contributed by atoms with E-state index in [-0.39, 0.29) is 5.91 Å². The molecule has 1 unspecified atom stereocenters. The molecular weight excluding hydrogens is 456 g/mol. The van der Waals surface area contributed by atoms with Gasteiger partial charge in [-0.1, -0.05) is 25.1 Å². The molecule has 1 heterocycles. The van der Waals surface area contributed by atoms with Crippen LogP contribution in [0.5, 0.6) is 5.75 Å². The topological polar surface area (TPSA) is 66.0 Å². The number of benzene rings is 3. The summed E-state index contributed by atoms with van der Waals surface area (Å²) in [6, 6.07) is 19.7. The Balaban J connectivity index is 1.39. The number of hydrogen-bond donors (Lipinski definition) is 3. The average molecular weight is 489 g/mol. The number of rotatable bonds is 8. The molecule has 2 N–H and O–H groups in total. The van der Waals surface area contributed by atoms with E-state index in [0.29, 0.717) is 17.3 Å². The van der Waals surface area contributed by atoms with Gasteiger partial charge in [0.1, 0.15) is 5.75 Å². The van der Waals surface area contributed by atoms with Crippen molar-refractivity contribution in [2.24, 2.45) is 4.99 Å². The van der Waals surface area contributed by atoms with Gasteiger partial charge < -0.3 is 20.3 Å². The standard InChI is InChI=1S/C28H32N4O2S/c1-4-19-15-24(34-3)10-11-25(19)20-5-7-21(8-6-20)28(33)31-22-9-12-26(27(35)16-22)30-18-29-23-13-14-32(2)17-23/h5-12,15-16,18,23,35H,4,13-14,17H2,1-3H3,(H,29,30)(H,31,33). The number of likely N-dealkylation sites (N-methyl/N-ethyl adjacent to an activating group) is 1. The SMILES string of the molecule is CCc1cc(OC)ccc1-c1ccc(C(=O)Nc2ccc(NC=NC3CCN(C)C3)c(S)c2)cc1. The molecule has 4 rings (SSSR count). The Morgan fingerprint density at radius 2 is 1.97 bits per heavy atom. The van der Waals surface area contributed by atoms with E-state index in [1.807, 2.05) is 48.5 Å².